The van der Waals surface area contributed by atoms with Gasteiger partial charge in [-0.15, -0.1) is 6.58 Å². The smallest absolute Gasteiger partial charge is 0.312 e. The van der Waals surface area contributed by atoms with Gasteiger partial charge in [0.15, 0.2) is 0 Å². The molecule has 0 saturated heterocycles. The highest BCUT2D eigenvalue weighted by atomic mass is 16.4. The molecule has 0 saturated carbocycles. The van der Waals surface area contributed by atoms with Crippen LogP contribution < -0.4 is 5.32 Å². The Kier molecular flexibility index (Phi) is 3.95. The van der Waals surface area contributed by atoms with E-state index in [2.05, 4.69) is 11.9 Å². The van der Waals surface area contributed by atoms with Crippen molar-refractivity contribution in [2.75, 3.05) is 6.54 Å². The van der Waals surface area contributed by atoms with Crippen LogP contribution >= 0.6 is 0 Å². The number of carbonyl (C=O) groups is 2. The maximum absolute atomic E-state index is 10.5. The fourth-order valence-electron chi connectivity index (χ4n) is 0.386. The van der Waals surface area contributed by atoms with E-state index in [0.717, 1.165) is 0 Å². The van der Waals surface area contributed by atoms with Crippen molar-refractivity contribution in [3.8, 4) is 0 Å². The third-order valence-electron chi connectivity index (χ3n) is 0.755. The Balaban J connectivity index is 3.43. The second-order valence-corrected chi connectivity index (χ2v) is 1.66. The molecular formula is C6H9NO3. The minimum absolute atomic E-state index is 0.312. The Hall–Kier alpha value is -1.32. The largest absolute Gasteiger partial charge is 0.481 e. The molecule has 0 aliphatic rings. The van der Waals surface area contributed by atoms with E-state index in [9.17, 15) is 9.59 Å². The third kappa shape index (κ3) is 4.83. The monoisotopic (exact) mass is 143 g/mol. The van der Waals surface area contributed by atoms with E-state index in [4.69, 9.17) is 5.11 Å². The molecule has 0 radical (unpaired) electrons. The lowest BCUT2D eigenvalue weighted by Gasteiger charge is -1.96. The number of amides is 1. The van der Waals surface area contributed by atoms with Gasteiger partial charge in [0.25, 0.3) is 0 Å². The molecule has 0 bridgehead atoms. The van der Waals surface area contributed by atoms with Crippen LogP contribution in [0.4, 0.5) is 0 Å². The van der Waals surface area contributed by atoms with Crippen LogP contribution in [0.15, 0.2) is 12.7 Å². The minimum atomic E-state index is -1.12. The van der Waals surface area contributed by atoms with Gasteiger partial charge < -0.3 is 10.4 Å². The summed E-state index contributed by atoms with van der Waals surface area (Å²) in [6.07, 6.45) is 1.01. The Morgan fingerprint density at radius 2 is 2.20 bits per heavy atom. The number of carboxylic acid groups (broad SMARTS) is 1. The van der Waals surface area contributed by atoms with Gasteiger partial charge in [-0.1, -0.05) is 6.08 Å². The number of aliphatic carboxylic acids is 1. The van der Waals surface area contributed by atoms with Crippen LogP contribution in [0.3, 0.4) is 0 Å². The van der Waals surface area contributed by atoms with Gasteiger partial charge >= 0.3 is 5.97 Å². The van der Waals surface area contributed by atoms with Crippen molar-refractivity contribution < 1.29 is 14.7 Å². The van der Waals surface area contributed by atoms with Crippen LogP contribution in [-0.4, -0.2) is 23.5 Å². The Bertz CT molecular complexity index is 153. The fraction of sp³-hybridized carbons (Fsp3) is 0.333. The van der Waals surface area contributed by atoms with Crippen molar-refractivity contribution >= 4 is 11.9 Å². The van der Waals surface area contributed by atoms with E-state index in [1.165, 1.54) is 6.08 Å². The lowest BCUT2D eigenvalue weighted by atomic mass is 10.4. The minimum Gasteiger partial charge on any atom is -0.481 e. The summed E-state index contributed by atoms with van der Waals surface area (Å²) in [5, 5.41) is 10.4. The molecule has 4 nitrogen and oxygen atoms in total. The molecule has 0 atom stereocenters. The van der Waals surface area contributed by atoms with Gasteiger partial charge in [-0.25, -0.2) is 0 Å². The predicted octanol–water partition coefficient (Wildman–Crippen LogP) is -0.237. The molecule has 10 heavy (non-hydrogen) atoms. The molecule has 56 valence electrons. The molecule has 0 aromatic rings. The molecule has 1 amide bonds. The SMILES string of the molecule is C=CCNC(=O)CC(=O)O. The third-order valence-corrected chi connectivity index (χ3v) is 0.755. The second kappa shape index (κ2) is 4.55. The summed E-state index contributed by atoms with van der Waals surface area (Å²) in [4.78, 5) is 20.4. The first-order valence-corrected chi connectivity index (χ1v) is 2.76. The second-order valence-electron chi connectivity index (χ2n) is 1.66. The summed E-state index contributed by atoms with van der Waals surface area (Å²) in [6, 6.07) is 0. The fourth-order valence-corrected chi connectivity index (χ4v) is 0.386. The Morgan fingerprint density at radius 3 is 2.60 bits per heavy atom. The van der Waals surface area contributed by atoms with Crippen LogP contribution in [0, 0.1) is 0 Å². The average molecular weight is 143 g/mol. The topological polar surface area (TPSA) is 66.4 Å². The zero-order valence-corrected chi connectivity index (χ0v) is 5.46. The van der Waals surface area contributed by atoms with Crippen molar-refractivity contribution in [2.45, 2.75) is 6.42 Å². The molecule has 4 heteroatoms. The molecule has 0 aromatic heterocycles. The molecule has 0 spiro atoms. The van der Waals surface area contributed by atoms with E-state index >= 15 is 0 Å². The summed E-state index contributed by atoms with van der Waals surface area (Å²) in [6.45, 7) is 3.66. The Morgan fingerprint density at radius 1 is 1.60 bits per heavy atom. The summed E-state index contributed by atoms with van der Waals surface area (Å²) < 4.78 is 0. The standard InChI is InChI=1S/C6H9NO3/c1-2-3-7-5(8)4-6(9)10/h2H,1,3-4H2,(H,7,8)(H,9,10). The molecule has 0 aromatic carbocycles. The molecular weight excluding hydrogens is 134 g/mol. The zero-order valence-electron chi connectivity index (χ0n) is 5.46. The van der Waals surface area contributed by atoms with Crippen molar-refractivity contribution in [2.24, 2.45) is 0 Å². The Labute approximate surface area is 58.5 Å². The van der Waals surface area contributed by atoms with Gasteiger partial charge in [0.2, 0.25) is 5.91 Å². The number of rotatable bonds is 4. The first-order chi connectivity index (χ1) is 4.66. The molecule has 0 aliphatic heterocycles. The van der Waals surface area contributed by atoms with Gasteiger partial charge in [-0.3, -0.25) is 9.59 Å². The number of carboxylic acids is 1. The zero-order chi connectivity index (χ0) is 7.98. The van der Waals surface area contributed by atoms with Crippen LogP contribution in [0.5, 0.6) is 0 Å². The lowest BCUT2D eigenvalue weighted by Crippen LogP contribution is -2.25. The maximum atomic E-state index is 10.5. The highest BCUT2D eigenvalue weighted by Gasteiger charge is 2.04. The molecule has 0 heterocycles. The maximum Gasteiger partial charge on any atom is 0.312 e. The predicted molar refractivity (Wildman–Crippen MR) is 35.5 cm³/mol. The van der Waals surface area contributed by atoms with E-state index in [0.29, 0.717) is 6.54 Å². The molecule has 0 rings (SSSR count). The van der Waals surface area contributed by atoms with Crippen LogP contribution in [0.1, 0.15) is 6.42 Å². The van der Waals surface area contributed by atoms with Gasteiger partial charge in [-0.2, -0.15) is 0 Å². The van der Waals surface area contributed by atoms with Gasteiger partial charge in [0.05, 0.1) is 0 Å². The summed E-state index contributed by atoms with van der Waals surface area (Å²) in [5.74, 6) is -1.62. The van der Waals surface area contributed by atoms with Crippen molar-refractivity contribution in [3.05, 3.63) is 12.7 Å². The van der Waals surface area contributed by atoms with E-state index in [-0.39, 0.29) is 0 Å². The van der Waals surface area contributed by atoms with Gasteiger partial charge in [0, 0.05) is 6.54 Å². The number of nitrogens with one attached hydrogen (secondary N) is 1. The molecule has 0 aliphatic carbocycles. The van der Waals surface area contributed by atoms with Crippen molar-refractivity contribution in [1.29, 1.82) is 0 Å². The number of carbonyl (C=O) groups excluding carboxylic acids is 1. The summed E-state index contributed by atoms with van der Waals surface area (Å²) in [5.41, 5.74) is 0. The number of hydrogen-bond acceptors (Lipinski definition) is 2. The van der Waals surface area contributed by atoms with Crippen LogP contribution in [0.25, 0.3) is 0 Å². The van der Waals surface area contributed by atoms with Gasteiger partial charge in [0.1, 0.15) is 6.42 Å². The molecule has 0 fully saturated rings. The van der Waals surface area contributed by atoms with E-state index in [1.54, 1.807) is 0 Å². The van der Waals surface area contributed by atoms with Gasteiger partial charge in [-0.05, 0) is 0 Å². The highest BCUT2D eigenvalue weighted by Crippen LogP contribution is 1.77. The van der Waals surface area contributed by atoms with Crippen LogP contribution in [-0.2, 0) is 9.59 Å². The van der Waals surface area contributed by atoms with E-state index < -0.39 is 18.3 Å². The lowest BCUT2D eigenvalue weighted by molar-refractivity contribution is -0.140. The normalized spacial score (nSPS) is 8.40. The van der Waals surface area contributed by atoms with Crippen molar-refractivity contribution in [3.63, 3.8) is 0 Å². The highest BCUT2D eigenvalue weighted by molar-refractivity contribution is 5.93. The quantitative estimate of drug-likeness (QED) is 0.421. The molecule has 2 N–H and O–H groups in total. The number of hydrogen-bond donors (Lipinski definition) is 2. The summed E-state index contributed by atoms with van der Waals surface area (Å²) in [7, 11) is 0. The first-order valence-electron chi connectivity index (χ1n) is 2.76. The molecule has 0 unspecified atom stereocenters. The van der Waals surface area contributed by atoms with Crippen LogP contribution in [0.2, 0.25) is 0 Å². The first kappa shape index (κ1) is 8.68. The van der Waals surface area contributed by atoms with E-state index in [1.807, 2.05) is 0 Å². The average Bonchev–Trinajstić information content (AvgIpc) is 1.82. The summed E-state index contributed by atoms with van der Waals surface area (Å²) >= 11 is 0. The van der Waals surface area contributed by atoms with Crippen molar-refractivity contribution in [1.82, 2.24) is 5.32 Å².